The van der Waals surface area contributed by atoms with E-state index in [1.54, 1.807) is 0 Å². The monoisotopic (exact) mass is 605 g/mol. The molecule has 5 heteroatoms. The summed E-state index contributed by atoms with van der Waals surface area (Å²) in [5, 5.41) is 2.37. The SMILES string of the molecule is Cc1cccc(-c2nc(-c3ccccc3)nc(-c3ccc4c(c3)-c3ccc(-n5c6ccccc6c6cccnc65)cc3C4(C)C)n2)c1. The van der Waals surface area contributed by atoms with Gasteiger partial charge in [-0.1, -0.05) is 104 Å². The van der Waals surface area contributed by atoms with Gasteiger partial charge in [0.1, 0.15) is 5.65 Å². The molecule has 0 saturated carbocycles. The Labute approximate surface area is 273 Å². The fourth-order valence-corrected chi connectivity index (χ4v) is 7.21. The Bertz CT molecular complexity index is 2460. The van der Waals surface area contributed by atoms with Crippen LogP contribution < -0.4 is 0 Å². The third-order valence-electron chi connectivity index (χ3n) is 9.55. The molecule has 1 aliphatic carbocycles. The lowest BCUT2D eigenvalue weighted by atomic mass is 9.82. The second-order valence-corrected chi connectivity index (χ2v) is 12.9. The summed E-state index contributed by atoms with van der Waals surface area (Å²) in [5.74, 6) is 2.00. The minimum absolute atomic E-state index is 0.188. The molecule has 0 atom stereocenters. The average molecular weight is 606 g/mol. The molecule has 3 heterocycles. The molecule has 8 aromatic rings. The smallest absolute Gasteiger partial charge is 0.164 e. The second kappa shape index (κ2) is 10.3. The zero-order valence-electron chi connectivity index (χ0n) is 26.4. The van der Waals surface area contributed by atoms with Crippen LogP contribution >= 0.6 is 0 Å². The van der Waals surface area contributed by atoms with E-state index in [9.17, 15) is 0 Å². The van der Waals surface area contributed by atoms with Crippen LogP contribution in [0.3, 0.4) is 0 Å². The fourth-order valence-electron chi connectivity index (χ4n) is 7.21. The van der Waals surface area contributed by atoms with Crippen LogP contribution in [0, 0.1) is 6.92 Å². The second-order valence-electron chi connectivity index (χ2n) is 12.9. The Hall–Kier alpha value is -5.94. The number of fused-ring (bicyclic) bond motifs is 6. The number of aromatic nitrogens is 5. The van der Waals surface area contributed by atoms with Gasteiger partial charge in [0.05, 0.1) is 5.52 Å². The summed E-state index contributed by atoms with van der Waals surface area (Å²) in [4.78, 5) is 19.8. The minimum atomic E-state index is -0.188. The van der Waals surface area contributed by atoms with Crippen LogP contribution in [-0.2, 0) is 5.41 Å². The van der Waals surface area contributed by atoms with Gasteiger partial charge in [-0.3, -0.25) is 4.57 Å². The Morgan fingerprint density at radius 1 is 0.532 bits per heavy atom. The van der Waals surface area contributed by atoms with Crippen molar-refractivity contribution in [3.63, 3.8) is 0 Å². The van der Waals surface area contributed by atoms with Crippen molar-refractivity contribution in [1.82, 2.24) is 24.5 Å². The molecular weight excluding hydrogens is 574 g/mol. The molecule has 224 valence electrons. The summed E-state index contributed by atoms with van der Waals surface area (Å²) >= 11 is 0. The number of hydrogen-bond donors (Lipinski definition) is 0. The molecule has 9 rings (SSSR count). The highest BCUT2D eigenvalue weighted by atomic mass is 15.0. The molecule has 1 aliphatic rings. The summed E-state index contributed by atoms with van der Waals surface area (Å²) in [5.41, 5.74) is 12.2. The molecule has 0 amide bonds. The van der Waals surface area contributed by atoms with Gasteiger partial charge in [0.2, 0.25) is 0 Å². The lowest BCUT2D eigenvalue weighted by Gasteiger charge is -2.22. The highest BCUT2D eigenvalue weighted by Gasteiger charge is 2.36. The molecule has 0 saturated heterocycles. The molecule has 0 N–H and O–H groups in total. The summed E-state index contributed by atoms with van der Waals surface area (Å²) in [7, 11) is 0. The largest absolute Gasteiger partial charge is 0.294 e. The predicted molar refractivity (Wildman–Crippen MR) is 191 cm³/mol. The first kappa shape index (κ1) is 27.4. The maximum Gasteiger partial charge on any atom is 0.164 e. The Morgan fingerprint density at radius 2 is 1.23 bits per heavy atom. The fraction of sp³-hybridized carbons (Fsp3) is 0.0952. The van der Waals surface area contributed by atoms with Crippen molar-refractivity contribution < 1.29 is 0 Å². The quantitative estimate of drug-likeness (QED) is 0.200. The van der Waals surface area contributed by atoms with Crippen LogP contribution in [-0.4, -0.2) is 24.5 Å². The maximum atomic E-state index is 5.03. The van der Waals surface area contributed by atoms with E-state index < -0.39 is 0 Å². The van der Waals surface area contributed by atoms with Gasteiger partial charge >= 0.3 is 0 Å². The van der Waals surface area contributed by atoms with E-state index in [1.165, 1.54) is 27.6 Å². The van der Waals surface area contributed by atoms with Crippen LogP contribution in [0.4, 0.5) is 0 Å². The van der Waals surface area contributed by atoms with E-state index in [0.29, 0.717) is 17.5 Å². The first-order valence-corrected chi connectivity index (χ1v) is 16.0. The minimum Gasteiger partial charge on any atom is -0.294 e. The summed E-state index contributed by atoms with van der Waals surface area (Å²) in [6, 6.07) is 44.7. The molecule has 3 aromatic heterocycles. The third-order valence-corrected chi connectivity index (χ3v) is 9.55. The third kappa shape index (κ3) is 4.31. The lowest BCUT2D eigenvalue weighted by Crippen LogP contribution is -2.15. The Balaban J connectivity index is 1.20. The van der Waals surface area contributed by atoms with Gasteiger partial charge < -0.3 is 0 Å². The molecule has 47 heavy (non-hydrogen) atoms. The molecule has 5 nitrogen and oxygen atoms in total. The zero-order chi connectivity index (χ0) is 31.7. The van der Waals surface area contributed by atoms with Gasteiger partial charge in [-0.2, -0.15) is 0 Å². The number of aryl methyl sites for hydroxylation is 1. The van der Waals surface area contributed by atoms with Gasteiger partial charge in [-0.25, -0.2) is 19.9 Å². The Kier molecular flexibility index (Phi) is 6.00. The van der Waals surface area contributed by atoms with Crippen molar-refractivity contribution in [2.75, 3.05) is 0 Å². The van der Waals surface area contributed by atoms with E-state index in [2.05, 4.69) is 110 Å². The first-order valence-electron chi connectivity index (χ1n) is 16.0. The van der Waals surface area contributed by atoms with Gasteiger partial charge in [-0.15, -0.1) is 0 Å². The molecule has 0 fully saturated rings. The number of para-hydroxylation sites is 1. The van der Waals surface area contributed by atoms with Gasteiger partial charge in [0.15, 0.2) is 17.5 Å². The van der Waals surface area contributed by atoms with E-state index >= 15 is 0 Å². The van der Waals surface area contributed by atoms with E-state index in [1.807, 2.05) is 48.7 Å². The van der Waals surface area contributed by atoms with Gasteiger partial charge in [0, 0.05) is 44.8 Å². The first-order chi connectivity index (χ1) is 23.0. The van der Waals surface area contributed by atoms with Crippen molar-refractivity contribution in [2.45, 2.75) is 26.2 Å². The molecule has 0 unspecified atom stereocenters. The van der Waals surface area contributed by atoms with Crippen molar-refractivity contribution in [2.24, 2.45) is 0 Å². The van der Waals surface area contributed by atoms with E-state index in [0.717, 1.165) is 44.5 Å². The maximum absolute atomic E-state index is 5.03. The van der Waals surface area contributed by atoms with E-state index in [-0.39, 0.29) is 5.41 Å². The number of benzene rings is 5. The van der Waals surface area contributed by atoms with E-state index in [4.69, 9.17) is 19.9 Å². The zero-order valence-corrected chi connectivity index (χ0v) is 26.4. The van der Waals surface area contributed by atoms with Crippen LogP contribution in [0.15, 0.2) is 134 Å². The standard InChI is InChI=1S/C42H31N5/c1-26-11-9-14-28(23-26)39-44-38(27-12-5-4-6-13-27)45-40(46-39)29-18-21-35-34(24-29)31-20-19-30(25-36(31)42(35,2)3)47-37-17-8-7-15-32(37)33-16-10-22-43-41(33)47/h4-25H,1-3H3. The molecule has 0 aliphatic heterocycles. The number of nitrogens with zero attached hydrogens (tertiary/aromatic N) is 5. The normalized spacial score (nSPS) is 13.2. The molecule has 0 bridgehead atoms. The van der Waals surface area contributed by atoms with Crippen LogP contribution in [0.5, 0.6) is 0 Å². The van der Waals surface area contributed by atoms with Gasteiger partial charge in [-0.05, 0) is 71.6 Å². The average Bonchev–Trinajstić information content (AvgIpc) is 3.56. The summed E-state index contributed by atoms with van der Waals surface area (Å²) < 4.78 is 2.29. The van der Waals surface area contributed by atoms with Gasteiger partial charge in [0.25, 0.3) is 0 Å². The number of rotatable bonds is 4. The van der Waals surface area contributed by atoms with Crippen molar-refractivity contribution >= 4 is 21.9 Å². The predicted octanol–water partition coefficient (Wildman–Crippen LogP) is 9.98. The summed E-state index contributed by atoms with van der Waals surface area (Å²) in [6.07, 6.45) is 1.88. The number of hydrogen-bond acceptors (Lipinski definition) is 4. The lowest BCUT2D eigenvalue weighted by molar-refractivity contribution is 0.660. The molecule has 0 radical (unpaired) electrons. The van der Waals surface area contributed by atoms with Crippen LogP contribution in [0.25, 0.3) is 72.9 Å². The molecular formula is C42H31N5. The molecule has 5 aromatic carbocycles. The highest BCUT2D eigenvalue weighted by molar-refractivity contribution is 6.07. The van der Waals surface area contributed by atoms with Crippen molar-refractivity contribution in [1.29, 1.82) is 0 Å². The highest BCUT2D eigenvalue weighted by Crippen LogP contribution is 2.50. The van der Waals surface area contributed by atoms with Crippen LogP contribution in [0.2, 0.25) is 0 Å². The topological polar surface area (TPSA) is 56.5 Å². The van der Waals surface area contributed by atoms with Crippen LogP contribution in [0.1, 0.15) is 30.5 Å². The van der Waals surface area contributed by atoms with Crippen molar-refractivity contribution in [3.05, 3.63) is 150 Å². The summed E-state index contributed by atoms with van der Waals surface area (Å²) in [6.45, 7) is 6.72. The number of pyridine rings is 1. The van der Waals surface area contributed by atoms with Crippen molar-refractivity contribution in [3.8, 4) is 51.0 Å². The molecule has 0 spiro atoms. The Morgan fingerprint density at radius 3 is 2.04 bits per heavy atom.